The fourth-order valence-corrected chi connectivity index (χ4v) is 2.62. The molecule has 0 aromatic heterocycles. The molecule has 21 heavy (non-hydrogen) atoms. The van der Waals surface area contributed by atoms with E-state index in [0.717, 1.165) is 6.42 Å². The van der Waals surface area contributed by atoms with E-state index in [1.165, 1.54) is 12.1 Å². The van der Waals surface area contributed by atoms with Gasteiger partial charge in [-0.25, -0.2) is 8.42 Å². The van der Waals surface area contributed by atoms with Gasteiger partial charge in [-0.2, -0.15) is 0 Å². The summed E-state index contributed by atoms with van der Waals surface area (Å²) in [4.78, 5) is 12.1. The SMILES string of the molecule is CCC(C)NC(=O)c1cc(S(=O)(=O)Cl)cc2c1OCCO2. The number of nitrogens with one attached hydrogen (secondary N) is 1. The van der Waals surface area contributed by atoms with Crippen LogP contribution in [0.1, 0.15) is 30.6 Å². The number of hydrogen-bond donors (Lipinski definition) is 1. The minimum Gasteiger partial charge on any atom is -0.486 e. The molecular formula is C13H16ClNO5S. The fourth-order valence-electron chi connectivity index (χ4n) is 1.84. The molecule has 0 fully saturated rings. The van der Waals surface area contributed by atoms with Gasteiger partial charge in [-0.3, -0.25) is 4.79 Å². The second-order valence-corrected chi connectivity index (χ2v) is 7.28. The van der Waals surface area contributed by atoms with Crippen LogP contribution in [0.15, 0.2) is 17.0 Å². The van der Waals surface area contributed by atoms with Crippen molar-refractivity contribution in [1.29, 1.82) is 0 Å². The number of fused-ring (bicyclic) bond motifs is 1. The normalized spacial score (nSPS) is 15.4. The first-order valence-electron chi connectivity index (χ1n) is 6.52. The first-order chi connectivity index (χ1) is 9.82. The Kier molecular flexibility index (Phi) is 4.63. The Morgan fingerprint density at radius 3 is 2.67 bits per heavy atom. The maximum absolute atomic E-state index is 12.3. The lowest BCUT2D eigenvalue weighted by Crippen LogP contribution is -2.33. The number of amides is 1. The van der Waals surface area contributed by atoms with Crippen LogP contribution in [0.5, 0.6) is 11.5 Å². The average molecular weight is 334 g/mol. The molecule has 0 saturated carbocycles. The quantitative estimate of drug-likeness (QED) is 0.851. The van der Waals surface area contributed by atoms with Gasteiger partial charge in [0.1, 0.15) is 13.2 Å². The summed E-state index contributed by atoms with van der Waals surface area (Å²) in [5, 5.41) is 2.76. The van der Waals surface area contributed by atoms with Crippen LogP contribution in [0, 0.1) is 0 Å². The first kappa shape index (κ1) is 15.9. The number of rotatable bonds is 4. The maximum atomic E-state index is 12.3. The molecule has 1 aliphatic heterocycles. The van der Waals surface area contributed by atoms with E-state index < -0.39 is 15.0 Å². The second kappa shape index (κ2) is 6.11. The zero-order valence-corrected chi connectivity index (χ0v) is 13.3. The summed E-state index contributed by atoms with van der Waals surface area (Å²) in [6.07, 6.45) is 0.749. The topological polar surface area (TPSA) is 81.7 Å². The summed E-state index contributed by atoms with van der Waals surface area (Å²) < 4.78 is 33.8. The molecular weight excluding hydrogens is 318 g/mol. The van der Waals surface area contributed by atoms with Crippen LogP contribution in [-0.2, 0) is 9.05 Å². The predicted octanol–water partition coefficient (Wildman–Crippen LogP) is 1.91. The number of halogens is 1. The summed E-state index contributed by atoms with van der Waals surface area (Å²) in [6.45, 7) is 4.36. The van der Waals surface area contributed by atoms with Gasteiger partial charge in [0.25, 0.3) is 15.0 Å². The lowest BCUT2D eigenvalue weighted by molar-refractivity contribution is 0.0927. The van der Waals surface area contributed by atoms with E-state index in [1.807, 2.05) is 13.8 Å². The van der Waals surface area contributed by atoms with E-state index in [1.54, 1.807) is 0 Å². The van der Waals surface area contributed by atoms with Crippen LogP contribution in [0.2, 0.25) is 0 Å². The molecule has 0 spiro atoms. The Hall–Kier alpha value is -1.47. The van der Waals surface area contributed by atoms with Crippen molar-refractivity contribution in [2.45, 2.75) is 31.2 Å². The average Bonchev–Trinajstić information content (AvgIpc) is 2.44. The molecule has 1 aromatic carbocycles. The van der Waals surface area contributed by atoms with Gasteiger partial charge in [0.15, 0.2) is 11.5 Å². The van der Waals surface area contributed by atoms with Gasteiger partial charge >= 0.3 is 0 Å². The van der Waals surface area contributed by atoms with Gasteiger partial charge in [0.2, 0.25) is 0 Å². The van der Waals surface area contributed by atoms with E-state index in [4.69, 9.17) is 20.2 Å². The molecule has 1 N–H and O–H groups in total. The third-order valence-corrected chi connectivity index (χ3v) is 4.46. The van der Waals surface area contributed by atoms with Gasteiger partial charge in [-0.05, 0) is 19.4 Å². The van der Waals surface area contributed by atoms with E-state index in [-0.39, 0.29) is 34.6 Å². The van der Waals surface area contributed by atoms with Crippen molar-refractivity contribution in [1.82, 2.24) is 5.32 Å². The number of ether oxygens (including phenoxy) is 2. The molecule has 1 atom stereocenters. The summed E-state index contributed by atoms with van der Waals surface area (Å²) >= 11 is 0. The first-order valence-corrected chi connectivity index (χ1v) is 8.83. The molecule has 0 aliphatic carbocycles. The lowest BCUT2D eigenvalue weighted by atomic mass is 10.1. The Balaban J connectivity index is 2.50. The zero-order valence-electron chi connectivity index (χ0n) is 11.7. The number of benzene rings is 1. The smallest absolute Gasteiger partial charge is 0.261 e. The molecule has 0 saturated heterocycles. The second-order valence-electron chi connectivity index (χ2n) is 4.72. The van der Waals surface area contributed by atoms with Crippen LogP contribution >= 0.6 is 10.7 Å². The molecule has 8 heteroatoms. The zero-order chi connectivity index (χ0) is 15.6. The van der Waals surface area contributed by atoms with E-state index in [9.17, 15) is 13.2 Å². The lowest BCUT2D eigenvalue weighted by Gasteiger charge is -2.22. The summed E-state index contributed by atoms with van der Waals surface area (Å²) in [7, 11) is 1.39. The van der Waals surface area contributed by atoms with Gasteiger partial charge in [0, 0.05) is 22.8 Å². The minimum atomic E-state index is -3.97. The number of hydrogen-bond acceptors (Lipinski definition) is 5. The molecule has 6 nitrogen and oxygen atoms in total. The fraction of sp³-hybridized carbons (Fsp3) is 0.462. The molecule has 1 heterocycles. The van der Waals surface area contributed by atoms with Crippen LogP contribution in [0.4, 0.5) is 0 Å². The van der Waals surface area contributed by atoms with Crippen LogP contribution in [0.25, 0.3) is 0 Å². The van der Waals surface area contributed by atoms with E-state index in [0.29, 0.717) is 6.61 Å². The van der Waals surface area contributed by atoms with Crippen LogP contribution < -0.4 is 14.8 Å². The largest absolute Gasteiger partial charge is 0.486 e. The van der Waals surface area contributed by atoms with Crippen molar-refractivity contribution in [3.8, 4) is 11.5 Å². The maximum Gasteiger partial charge on any atom is 0.261 e. The highest BCUT2D eigenvalue weighted by molar-refractivity contribution is 8.13. The van der Waals surface area contributed by atoms with E-state index >= 15 is 0 Å². The van der Waals surface area contributed by atoms with E-state index in [2.05, 4.69) is 5.32 Å². The molecule has 1 amide bonds. The van der Waals surface area contributed by atoms with Crippen molar-refractivity contribution >= 4 is 25.6 Å². The van der Waals surface area contributed by atoms with Crippen molar-refractivity contribution in [3.63, 3.8) is 0 Å². The number of carbonyl (C=O) groups is 1. The van der Waals surface area contributed by atoms with Crippen LogP contribution in [-0.4, -0.2) is 33.6 Å². The Bertz CT molecular complexity index is 659. The molecule has 0 radical (unpaired) electrons. The summed E-state index contributed by atoms with van der Waals surface area (Å²) in [5.74, 6) is 0.0247. The van der Waals surface area contributed by atoms with Gasteiger partial charge in [-0.1, -0.05) is 6.92 Å². The highest BCUT2D eigenvalue weighted by Crippen LogP contribution is 2.37. The molecule has 0 bridgehead atoms. The Labute approximate surface area is 127 Å². The third kappa shape index (κ3) is 3.59. The van der Waals surface area contributed by atoms with Crippen molar-refractivity contribution in [3.05, 3.63) is 17.7 Å². The van der Waals surface area contributed by atoms with Gasteiger partial charge in [0.05, 0.1) is 10.5 Å². The van der Waals surface area contributed by atoms with Crippen molar-refractivity contribution in [2.75, 3.05) is 13.2 Å². The Morgan fingerprint density at radius 1 is 1.38 bits per heavy atom. The monoisotopic (exact) mass is 333 g/mol. The highest BCUT2D eigenvalue weighted by atomic mass is 35.7. The number of carbonyl (C=O) groups excluding carboxylic acids is 1. The minimum absolute atomic E-state index is 0.0473. The standard InChI is InChI=1S/C13H16ClNO5S/c1-3-8(2)15-13(16)10-6-9(21(14,17)18)7-11-12(10)20-5-4-19-11/h6-8H,3-5H2,1-2H3,(H,15,16). The van der Waals surface area contributed by atoms with Gasteiger partial charge in [-0.15, -0.1) is 0 Å². The summed E-state index contributed by atoms with van der Waals surface area (Å²) in [6, 6.07) is 2.42. The van der Waals surface area contributed by atoms with Crippen LogP contribution in [0.3, 0.4) is 0 Å². The molecule has 116 valence electrons. The Morgan fingerprint density at radius 2 is 2.05 bits per heavy atom. The van der Waals surface area contributed by atoms with Crippen molar-refractivity contribution < 1.29 is 22.7 Å². The molecule has 1 aromatic rings. The van der Waals surface area contributed by atoms with Crippen molar-refractivity contribution in [2.24, 2.45) is 0 Å². The molecule has 2 rings (SSSR count). The third-order valence-electron chi connectivity index (χ3n) is 3.13. The summed E-state index contributed by atoms with van der Waals surface area (Å²) in [5.41, 5.74) is 0.103. The molecule has 1 aliphatic rings. The van der Waals surface area contributed by atoms with Gasteiger partial charge < -0.3 is 14.8 Å². The highest BCUT2D eigenvalue weighted by Gasteiger charge is 2.26. The molecule has 1 unspecified atom stereocenters. The predicted molar refractivity (Wildman–Crippen MR) is 77.7 cm³/mol.